The van der Waals surface area contributed by atoms with Gasteiger partial charge in [-0.05, 0) is 49.7 Å². The average molecular weight is 279 g/mol. The van der Waals surface area contributed by atoms with E-state index >= 15 is 0 Å². The number of amides is 1. The van der Waals surface area contributed by atoms with Crippen molar-refractivity contribution in [3.8, 4) is 0 Å². The second-order valence-electron chi connectivity index (χ2n) is 5.75. The highest BCUT2D eigenvalue weighted by Gasteiger charge is 2.24. The Labute approximate surface area is 120 Å². The maximum absolute atomic E-state index is 12.3. The molecule has 0 radical (unpaired) electrons. The van der Waals surface area contributed by atoms with E-state index in [4.69, 9.17) is 0 Å². The van der Waals surface area contributed by atoms with Crippen LogP contribution < -0.4 is 5.32 Å². The maximum atomic E-state index is 12.3. The largest absolute Gasteiger partial charge is 0.349 e. The molecular formula is C16H25NOS. The van der Waals surface area contributed by atoms with Crippen LogP contribution in [-0.4, -0.2) is 11.9 Å². The lowest BCUT2D eigenvalue weighted by molar-refractivity contribution is 0.0941. The first kappa shape index (κ1) is 14.6. The lowest BCUT2D eigenvalue weighted by atomic mass is 10.1. The van der Waals surface area contributed by atoms with Gasteiger partial charge in [0.1, 0.15) is 0 Å². The van der Waals surface area contributed by atoms with E-state index in [0.717, 1.165) is 42.9 Å². The minimum absolute atomic E-state index is 0.140. The van der Waals surface area contributed by atoms with Gasteiger partial charge in [0, 0.05) is 10.9 Å². The molecule has 2 atom stereocenters. The highest BCUT2D eigenvalue weighted by atomic mass is 32.1. The highest BCUT2D eigenvalue weighted by molar-refractivity contribution is 7.14. The van der Waals surface area contributed by atoms with Gasteiger partial charge in [0.05, 0.1) is 4.88 Å². The molecule has 1 aromatic heterocycles. The van der Waals surface area contributed by atoms with Gasteiger partial charge in [0.15, 0.2) is 0 Å². The number of nitrogens with one attached hydrogen (secondary N) is 1. The van der Waals surface area contributed by atoms with E-state index < -0.39 is 0 Å². The molecule has 1 aromatic rings. The molecule has 1 aliphatic carbocycles. The summed E-state index contributed by atoms with van der Waals surface area (Å²) in [5, 5.41) is 3.20. The Kier molecular flexibility index (Phi) is 5.03. The van der Waals surface area contributed by atoms with E-state index in [1.54, 1.807) is 11.3 Å². The van der Waals surface area contributed by atoms with Crippen LogP contribution in [0, 0.1) is 5.92 Å². The zero-order valence-corrected chi connectivity index (χ0v) is 13.1. The van der Waals surface area contributed by atoms with Crippen LogP contribution in [0.25, 0.3) is 0 Å². The van der Waals surface area contributed by atoms with Crippen LogP contribution >= 0.6 is 11.3 Å². The van der Waals surface area contributed by atoms with Gasteiger partial charge in [-0.1, -0.05) is 27.2 Å². The van der Waals surface area contributed by atoms with Gasteiger partial charge in [0.25, 0.3) is 5.91 Å². The summed E-state index contributed by atoms with van der Waals surface area (Å²) in [6.07, 6.45) is 6.80. The van der Waals surface area contributed by atoms with Crippen molar-refractivity contribution in [2.75, 3.05) is 0 Å². The van der Waals surface area contributed by atoms with Gasteiger partial charge in [-0.15, -0.1) is 11.3 Å². The van der Waals surface area contributed by atoms with E-state index in [0.29, 0.717) is 6.04 Å². The van der Waals surface area contributed by atoms with Crippen LogP contribution in [0.15, 0.2) is 6.07 Å². The molecule has 3 heteroatoms. The molecule has 0 aliphatic heterocycles. The minimum atomic E-state index is 0.140. The molecule has 1 amide bonds. The quantitative estimate of drug-likeness (QED) is 0.860. The number of carbonyl (C=O) groups is 1. The molecule has 0 spiro atoms. The molecule has 1 N–H and O–H groups in total. The predicted octanol–water partition coefficient (Wildman–Crippen LogP) is 4.18. The summed E-state index contributed by atoms with van der Waals surface area (Å²) in [4.78, 5) is 14.6. The fourth-order valence-corrected chi connectivity index (χ4v) is 4.17. The van der Waals surface area contributed by atoms with Crippen LogP contribution in [0.1, 0.15) is 66.6 Å². The second-order valence-corrected chi connectivity index (χ2v) is 6.89. The smallest absolute Gasteiger partial charge is 0.261 e. The van der Waals surface area contributed by atoms with Crippen molar-refractivity contribution in [1.82, 2.24) is 5.32 Å². The van der Waals surface area contributed by atoms with Gasteiger partial charge in [0.2, 0.25) is 0 Å². The first-order valence-corrected chi connectivity index (χ1v) is 8.38. The fourth-order valence-electron chi connectivity index (χ4n) is 2.91. The summed E-state index contributed by atoms with van der Waals surface area (Å²) in [6.45, 7) is 6.63. The fraction of sp³-hybridized carbons (Fsp3) is 0.688. The summed E-state index contributed by atoms with van der Waals surface area (Å²) in [6, 6.07) is 2.49. The Hall–Kier alpha value is -0.830. The Morgan fingerprint density at radius 2 is 2.21 bits per heavy atom. The summed E-state index contributed by atoms with van der Waals surface area (Å²) >= 11 is 1.69. The SMILES string of the molecule is CCCc1sc(C(=O)NC2CCC(C)C2)cc1CC. The summed E-state index contributed by atoms with van der Waals surface area (Å²) in [5.74, 6) is 0.900. The molecule has 0 saturated heterocycles. The molecule has 1 saturated carbocycles. The molecule has 1 heterocycles. The topological polar surface area (TPSA) is 29.1 Å². The molecule has 1 aliphatic rings. The summed E-state index contributed by atoms with van der Waals surface area (Å²) in [7, 11) is 0. The Bertz CT molecular complexity index is 438. The van der Waals surface area contributed by atoms with E-state index in [1.807, 2.05) is 0 Å². The molecule has 2 rings (SSSR count). The number of hydrogen-bond donors (Lipinski definition) is 1. The molecular weight excluding hydrogens is 254 g/mol. The zero-order chi connectivity index (χ0) is 13.8. The van der Waals surface area contributed by atoms with Crippen molar-refractivity contribution in [3.63, 3.8) is 0 Å². The van der Waals surface area contributed by atoms with Crippen LogP contribution in [0.3, 0.4) is 0 Å². The van der Waals surface area contributed by atoms with E-state index in [-0.39, 0.29) is 5.91 Å². The molecule has 1 fully saturated rings. The predicted molar refractivity (Wildman–Crippen MR) is 82.0 cm³/mol. The number of carbonyl (C=O) groups excluding carboxylic acids is 1. The second kappa shape index (κ2) is 6.56. The summed E-state index contributed by atoms with van der Waals surface area (Å²) < 4.78 is 0. The first-order valence-electron chi connectivity index (χ1n) is 7.56. The van der Waals surface area contributed by atoms with Gasteiger partial charge in [-0.2, -0.15) is 0 Å². The number of hydrogen-bond acceptors (Lipinski definition) is 2. The normalized spacial score (nSPS) is 22.7. The molecule has 0 aromatic carbocycles. The van der Waals surface area contributed by atoms with Crippen molar-refractivity contribution < 1.29 is 4.79 Å². The minimum Gasteiger partial charge on any atom is -0.349 e. The maximum Gasteiger partial charge on any atom is 0.261 e. The van der Waals surface area contributed by atoms with Gasteiger partial charge < -0.3 is 5.32 Å². The molecule has 19 heavy (non-hydrogen) atoms. The third kappa shape index (κ3) is 3.59. The first-order chi connectivity index (χ1) is 9.13. The van der Waals surface area contributed by atoms with Crippen molar-refractivity contribution in [2.45, 2.75) is 65.3 Å². The highest BCUT2D eigenvalue weighted by Crippen LogP contribution is 2.27. The molecule has 106 valence electrons. The third-order valence-electron chi connectivity index (χ3n) is 4.01. The average Bonchev–Trinajstić information content (AvgIpc) is 2.96. The van der Waals surface area contributed by atoms with Crippen molar-refractivity contribution in [1.29, 1.82) is 0 Å². The van der Waals surface area contributed by atoms with Crippen LogP contribution in [0.4, 0.5) is 0 Å². The Morgan fingerprint density at radius 3 is 2.79 bits per heavy atom. The van der Waals surface area contributed by atoms with E-state index in [1.165, 1.54) is 16.9 Å². The van der Waals surface area contributed by atoms with Crippen molar-refractivity contribution in [2.24, 2.45) is 5.92 Å². The number of rotatable bonds is 5. The zero-order valence-electron chi connectivity index (χ0n) is 12.3. The monoisotopic (exact) mass is 279 g/mol. The molecule has 2 unspecified atom stereocenters. The van der Waals surface area contributed by atoms with Crippen LogP contribution in [0.5, 0.6) is 0 Å². The van der Waals surface area contributed by atoms with Gasteiger partial charge >= 0.3 is 0 Å². The molecule has 0 bridgehead atoms. The number of thiophene rings is 1. The summed E-state index contributed by atoms with van der Waals surface area (Å²) in [5.41, 5.74) is 1.36. The van der Waals surface area contributed by atoms with Crippen molar-refractivity contribution in [3.05, 3.63) is 21.4 Å². The molecule has 2 nitrogen and oxygen atoms in total. The lowest BCUT2D eigenvalue weighted by Crippen LogP contribution is -2.32. The standard InChI is InChI=1S/C16H25NOS/c1-4-6-14-12(5-2)10-15(19-14)16(18)17-13-8-7-11(3)9-13/h10-11,13H,4-9H2,1-3H3,(H,17,18). The van der Waals surface area contributed by atoms with Crippen LogP contribution in [-0.2, 0) is 12.8 Å². The van der Waals surface area contributed by atoms with Crippen LogP contribution in [0.2, 0.25) is 0 Å². The number of aryl methyl sites for hydroxylation is 2. The lowest BCUT2D eigenvalue weighted by Gasteiger charge is -2.11. The van der Waals surface area contributed by atoms with Gasteiger partial charge in [-0.3, -0.25) is 4.79 Å². The Balaban J connectivity index is 2.02. The van der Waals surface area contributed by atoms with E-state index in [9.17, 15) is 4.79 Å². The third-order valence-corrected chi connectivity index (χ3v) is 5.24. The van der Waals surface area contributed by atoms with E-state index in [2.05, 4.69) is 32.2 Å². The van der Waals surface area contributed by atoms with Crippen molar-refractivity contribution >= 4 is 17.2 Å². The van der Waals surface area contributed by atoms with Gasteiger partial charge in [-0.25, -0.2) is 0 Å². The Morgan fingerprint density at radius 1 is 1.42 bits per heavy atom.